The predicted octanol–water partition coefficient (Wildman–Crippen LogP) is 3.92. The minimum absolute atomic E-state index is 0.00135. The first kappa shape index (κ1) is 18.4. The Hall–Kier alpha value is -0.420. The zero-order valence-corrected chi connectivity index (χ0v) is 17.6. The molecule has 2 saturated heterocycles. The van der Waals surface area contributed by atoms with Crippen molar-refractivity contribution < 1.29 is 19.3 Å². The normalized spacial score (nSPS) is 56.3. The Morgan fingerprint density at radius 3 is 2.61 bits per heavy atom. The summed E-state index contributed by atoms with van der Waals surface area (Å²) >= 11 is 0. The fourth-order valence-corrected chi connectivity index (χ4v) is 8.73. The first-order valence-corrected chi connectivity index (χ1v) is 11.7. The predicted molar refractivity (Wildman–Crippen MR) is 105 cm³/mol. The van der Waals surface area contributed by atoms with Crippen LogP contribution in [0.2, 0.25) is 0 Å². The van der Waals surface area contributed by atoms with Crippen LogP contribution in [0.1, 0.15) is 59.3 Å². The van der Waals surface area contributed by atoms with Gasteiger partial charge in [-0.25, -0.2) is 0 Å². The third-order valence-corrected chi connectivity index (χ3v) is 10.1. The molecule has 0 aromatic heterocycles. The maximum Gasteiger partial charge on any atom is 0.160 e. The van der Waals surface area contributed by atoms with Gasteiger partial charge in [-0.1, -0.05) is 26.8 Å². The van der Waals surface area contributed by atoms with Crippen molar-refractivity contribution >= 4 is 0 Å². The van der Waals surface area contributed by atoms with Crippen molar-refractivity contribution in [1.82, 2.24) is 0 Å². The molecule has 156 valence electrons. The van der Waals surface area contributed by atoms with E-state index in [4.69, 9.17) is 14.2 Å². The van der Waals surface area contributed by atoms with E-state index in [9.17, 15) is 5.11 Å². The van der Waals surface area contributed by atoms with Crippen LogP contribution in [0.25, 0.3) is 0 Å². The van der Waals surface area contributed by atoms with Crippen LogP contribution in [0.3, 0.4) is 0 Å². The Kier molecular flexibility index (Phi) is 3.97. The van der Waals surface area contributed by atoms with Crippen LogP contribution in [-0.4, -0.2) is 42.9 Å². The van der Waals surface area contributed by atoms with Gasteiger partial charge in [0, 0.05) is 5.92 Å². The number of rotatable bonds is 2. The van der Waals surface area contributed by atoms with E-state index < -0.39 is 0 Å². The van der Waals surface area contributed by atoms with Crippen LogP contribution in [0, 0.1) is 40.4 Å². The first-order chi connectivity index (χ1) is 13.4. The van der Waals surface area contributed by atoms with Crippen molar-refractivity contribution in [1.29, 1.82) is 0 Å². The van der Waals surface area contributed by atoms with Gasteiger partial charge in [0.15, 0.2) is 6.29 Å². The van der Waals surface area contributed by atoms with Gasteiger partial charge in [0.05, 0.1) is 25.4 Å². The highest BCUT2D eigenvalue weighted by Gasteiger charge is 2.69. The third-order valence-electron chi connectivity index (χ3n) is 10.1. The number of hydrogen-bond donors (Lipinski definition) is 1. The Morgan fingerprint density at radius 1 is 1.04 bits per heavy atom. The van der Waals surface area contributed by atoms with Crippen molar-refractivity contribution in [3.05, 3.63) is 11.6 Å². The Labute approximate surface area is 169 Å². The molecule has 1 N–H and O–H groups in total. The van der Waals surface area contributed by atoms with E-state index in [2.05, 4.69) is 26.8 Å². The second-order valence-electron chi connectivity index (χ2n) is 11.2. The van der Waals surface area contributed by atoms with Crippen LogP contribution < -0.4 is 0 Å². The maximum atomic E-state index is 10.2. The van der Waals surface area contributed by atoms with E-state index in [1.165, 1.54) is 31.3 Å². The topological polar surface area (TPSA) is 51.2 Å². The van der Waals surface area contributed by atoms with Gasteiger partial charge >= 0.3 is 0 Å². The zero-order chi connectivity index (χ0) is 19.3. The van der Waals surface area contributed by atoms with Crippen LogP contribution in [0.15, 0.2) is 11.6 Å². The molecule has 0 aromatic rings. The van der Waals surface area contributed by atoms with E-state index in [1.807, 2.05) is 0 Å². The van der Waals surface area contributed by atoms with E-state index in [0.717, 1.165) is 37.9 Å². The Morgan fingerprint density at radius 2 is 1.82 bits per heavy atom. The average molecular weight is 389 g/mol. The first-order valence-electron chi connectivity index (χ1n) is 11.7. The van der Waals surface area contributed by atoms with Gasteiger partial charge in [-0.2, -0.15) is 0 Å². The lowest BCUT2D eigenvalue weighted by Crippen LogP contribution is -2.54. The SMILES string of the molecule is C[C@H](C1OCCO1)[C@H]1CCC2C3C(CC[C@@]21C)[C@@]1(C)CCC(O)C=C1[C@H]1O[C@@H]31. The molecule has 0 bridgehead atoms. The monoisotopic (exact) mass is 388 g/mol. The number of hydrogen-bond acceptors (Lipinski definition) is 4. The van der Waals surface area contributed by atoms with E-state index in [0.29, 0.717) is 35.4 Å². The molecule has 0 amide bonds. The summed E-state index contributed by atoms with van der Waals surface area (Å²) in [6, 6.07) is 0. The summed E-state index contributed by atoms with van der Waals surface area (Å²) in [5.41, 5.74) is 2.07. The number of fused-ring (bicyclic) bond motifs is 8. The molecule has 5 fully saturated rings. The molecule has 0 spiro atoms. The molecule has 2 aliphatic heterocycles. The highest BCUT2D eigenvalue weighted by Crippen LogP contribution is 2.71. The molecule has 10 atom stereocenters. The second-order valence-corrected chi connectivity index (χ2v) is 11.2. The quantitative estimate of drug-likeness (QED) is 0.575. The summed E-state index contributed by atoms with van der Waals surface area (Å²) in [4.78, 5) is 0. The smallest absolute Gasteiger partial charge is 0.160 e. The van der Waals surface area contributed by atoms with Crippen LogP contribution in [0.5, 0.6) is 0 Å². The number of aliphatic hydroxyl groups is 1. The van der Waals surface area contributed by atoms with Crippen molar-refractivity contribution in [2.45, 2.75) is 83.9 Å². The van der Waals surface area contributed by atoms with Gasteiger partial charge in [-0.3, -0.25) is 0 Å². The molecular formula is C24H36O4. The molecule has 0 aromatic carbocycles. The number of epoxide rings is 1. The molecule has 0 radical (unpaired) electrons. The third kappa shape index (κ3) is 2.32. The highest BCUT2D eigenvalue weighted by atomic mass is 16.7. The van der Waals surface area contributed by atoms with E-state index in [-0.39, 0.29) is 17.8 Å². The van der Waals surface area contributed by atoms with Gasteiger partial charge < -0.3 is 19.3 Å². The summed E-state index contributed by atoms with van der Waals surface area (Å²) in [7, 11) is 0. The molecule has 2 heterocycles. The van der Waals surface area contributed by atoms with Gasteiger partial charge in [-0.15, -0.1) is 0 Å². The molecule has 4 heteroatoms. The molecule has 3 saturated carbocycles. The minimum atomic E-state index is -0.263. The van der Waals surface area contributed by atoms with Crippen molar-refractivity contribution in [3.63, 3.8) is 0 Å². The second kappa shape index (κ2) is 6.06. The molecule has 4 unspecified atom stereocenters. The highest BCUT2D eigenvalue weighted by molar-refractivity contribution is 5.35. The van der Waals surface area contributed by atoms with E-state index >= 15 is 0 Å². The molecular weight excluding hydrogens is 352 g/mol. The number of aliphatic hydroxyl groups excluding tert-OH is 1. The lowest BCUT2D eigenvalue weighted by atomic mass is 9.46. The van der Waals surface area contributed by atoms with Gasteiger partial charge in [0.2, 0.25) is 0 Å². The molecule has 28 heavy (non-hydrogen) atoms. The Balaban J connectivity index is 1.31. The van der Waals surface area contributed by atoms with Gasteiger partial charge in [0.25, 0.3) is 0 Å². The van der Waals surface area contributed by atoms with Crippen molar-refractivity contribution in [2.75, 3.05) is 13.2 Å². The fourth-order valence-electron chi connectivity index (χ4n) is 8.73. The van der Waals surface area contributed by atoms with Crippen LogP contribution in [-0.2, 0) is 14.2 Å². The summed E-state index contributed by atoms with van der Waals surface area (Å²) in [6.07, 6.45) is 9.92. The van der Waals surface area contributed by atoms with Crippen molar-refractivity contribution in [3.8, 4) is 0 Å². The standard InChI is InChI=1S/C24H36O4/c1-13(22-26-10-11-27-22)15-4-5-16-19-17(7-9-23(15,16)2)24(3)8-6-14(25)12-18(24)20-21(19)28-20/h12-17,19-22,25H,4-11H2,1-3H3/t13-,14?,15+,16?,17?,19?,20+,21-,23+,24+/m0/s1. The maximum absolute atomic E-state index is 10.2. The largest absolute Gasteiger partial charge is 0.389 e. The molecule has 6 aliphatic rings. The van der Waals surface area contributed by atoms with Gasteiger partial charge in [-0.05, 0) is 78.6 Å². The lowest BCUT2D eigenvalue weighted by molar-refractivity contribution is -0.123. The van der Waals surface area contributed by atoms with Crippen LogP contribution >= 0.6 is 0 Å². The molecule has 4 aliphatic carbocycles. The minimum Gasteiger partial charge on any atom is -0.389 e. The average Bonchev–Trinajstić information content (AvgIpc) is 3.11. The lowest BCUT2D eigenvalue weighted by Gasteiger charge is -2.57. The summed E-state index contributed by atoms with van der Waals surface area (Å²) < 4.78 is 18.2. The summed E-state index contributed by atoms with van der Waals surface area (Å²) in [5, 5.41) is 10.2. The van der Waals surface area contributed by atoms with Gasteiger partial charge in [0.1, 0.15) is 6.10 Å². The fraction of sp³-hybridized carbons (Fsp3) is 0.917. The number of ether oxygens (including phenoxy) is 3. The Bertz CT molecular complexity index is 684. The van der Waals surface area contributed by atoms with Crippen molar-refractivity contribution in [2.24, 2.45) is 40.4 Å². The molecule has 4 nitrogen and oxygen atoms in total. The summed E-state index contributed by atoms with van der Waals surface area (Å²) in [5.74, 6) is 3.35. The van der Waals surface area contributed by atoms with E-state index in [1.54, 1.807) is 0 Å². The summed E-state index contributed by atoms with van der Waals surface area (Å²) in [6.45, 7) is 8.93. The molecule has 6 rings (SSSR count). The van der Waals surface area contributed by atoms with Crippen LogP contribution in [0.4, 0.5) is 0 Å². The zero-order valence-electron chi connectivity index (χ0n) is 17.6.